The molecule has 0 bridgehead atoms. The fourth-order valence-corrected chi connectivity index (χ4v) is 1.79. The smallest absolute Gasteiger partial charge is 0.146 e. The molecule has 0 unspecified atom stereocenters. The van der Waals surface area contributed by atoms with Gasteiger partial charge in [-0.1, -0.05) is 18.2 Å². The van der Waals surface area contributed by atoms with Crippen molar-refractivity contribution in [3.05, 3.63) is 48.0 Å². The first-order chi connectivity index (χ1) is 8.18. The van der Waals surface area contributed by atoms with Crippen LogP contribution in [0.15, 0.2) is 36.7 Å². The van der Waals surface area contributed by atoms with Gasteiger partial charge in [0.1, 0.15) is 18.2 Å². The summed E-state index contributed by atoms with van der Waals surface area (Å²) in [5.74, 6) is 1.88. The molecule has 1 aromatic heterocycles. The number of hydrogen-bond acceptors (Lipinski definition) is 2. The molecule has 0 aliphatic heterocycles. The Balaban J connectivity index is 2.08. The third kappa shape index (κ3) is 2.67. The molecule has 0 atom stereocenters. The van der Waals surface area contributed by atoms with Crippen molar-refractivity contribution in [3.8, 4) is 5.75 Å². The number of aromatic nitrogens is 2. The maximum atomic E-state index is 5.79. The highest BCUT2D eigenvalue weighted by Crippen LogP contribution is 2.18. The van der Waals surface area contributed by atoms with E-state index >= 15 is 0 Å². The van der Waals surface area contributed by atoms with E-state index in [1.165, 1.54) is 0 Å². The van der Waals surface area contributed by atoms with E-state index in [4.69, 9.17) is 4.74 Å². The monoisotopic (exact) mass is 230 g/mol. The van der Waals surface area contributed by atoms with Crippen molar-refractivity contribution >= 4 is 0 Å². The van der Waals surface area contributed by atoms with Gasteiger partial charge in [0, 0.05) is 18.4 Å². The molecule has 2 rings (SSSR count). The average molecular weight is 230 g/mol. The van der Waals surface area contributed by atoms with E-state index in [2.05, 4.69) is 23.4 Å². The van der Waals surface area contributed by atoms with Gasteiger partial charge < -0.3 is 9.30 Å². The number of nitrogens with zero attached hydrogens (tertiary/aromatic N) is 2. The Bertz CT molecular complexity index is 488. The molecular formula is C14H18N2O. The Kier molecular flexibility index (Phi) is 3.47. The van der Waals surface area contributed by atoms with E-state index in [1.54, 1.807) is 0 Å². The fraction of sp³-hybridized carbons (Fsp3) is 0.357. The molecule has 0 saturated heterocycles. The van der Waals surface area contributed by atoms with E-state index < -0.39 is 0 Å². The van der Waals surface area contributed by atoms with Crippen molar-refractivity contribution in [2.45, 2.75) is 33.4 Å². The second kappa shape index (κ2) is 5.04. The van der Waals surface area contributed by atoms with Crippen LogP contribution in [0, 0.1) is 6.92 Å². The van der Waals surface area contributed by atoms with Crippen molar-refractivity contribution < 1.29 is 4.74 Å². The molecule has 90 valence electrons. The third-order valence-electron chi connectivity index (χ3n) is 2.76. The Morgan fingerprint density at radius 2 is 2.06 bits per heavy atom. The molecule has 0 N–H and O–H groups in total. The van der Waals surface area contributed by atoms with Gasteiger partial charge in [-0.25, -0.2) is 4.98 Å². The summed E-state index contributed by atoms with van der Waals surface area (Å²) in [6.45, 7) is 6.83. The first-order valence-corrected chi connectivity index (χ1v) is 5.88. The summed E-state index contributed by atoms with van der Waals surface area (Å²) in [7, 11) is 0. The third-order valence-corrected chi connectivity index (χ3v) is 2.76. The number of aryl methyl sites for hydroxylation is 1. The van der Waals surface area contributed by atoms with Gasteiger partial charge in [0.15, 0.2) is 0 Å². The summed E-state index contributed by atoms with van der Waals surface area (Å²) < 4.78 is 7.91. The van der Waals surface area contributed by atoms with Crippen LogP contribution < -0.4 is 4.74 Å². The van der Waals surface area contributed by atoms with E-state index in [9.17, 15) is 0 Å². The van der Waals surface area contributed by atoms with Crippen LogP contribution in [0.25, 0.3) is 0 Å². The Labute approximate surface area is 102 Å². The van der Waals surface area contributed by atoms with E-state index in [1.807, 2.05) is 43.6 Å². The zero-order chi connectivity index (χ0) is 12.3. The summed E-state index contributed by atoms with van der Waals surface area (Å²) in [5.41, 5.74) is 1.15. The summed E-state index contributed by atoms with van der Waals surface area (Å²) in [6, 6.07) is 8.43. The Morgan fingerprint density at radius 3 is 2.76 bits per heavy atom. The number of imidazole rings is 1. The standard InChI is InChI=1S/C14H18N2O/c1-11(2)16-9-8-15-14(16)10-17-13-7-5-4-6-12(13)3/h4-9,11H,10H2,1-3H3. The molecule has 0 aliphatic rings. The number of benzene rings is 1. The lowest BCUT2D eigenvalue weighted by atomic mass is 10.2. The van der Waals surface area contributed by atoms with Crippen LogP contribution in [0.4, 0.5) is 0 Å². The molecular weight excluding hydrogens is 212 g/mol. The van der Waals surface area contributed by atoms with Crippen molar-refractivity contribution in [1.82, 2.24) is 9.55 Å². The maximum absolute atomic E-state index is 5.79. The minimum absolute atomic E-state index is 0.410. The molecule has 3 nitrogen and oxygen atoms in total. The number of para-hydroxylation sites is 1. The van der Waals surface area contributed by atoms with Crippen LogP contribution in [0.5, 0.6) is 5.75 Å². The second-order valence-corrected chi connectivity index (χ2v) is 4.40. The van der Waals surface area contributed by atoms with Crippen molar-refractivity contribution in [3.63, 3.8) is 0 Å². The van der Waals surface area contributed by atoms with Gasteiger partial charge >= 0.3 is 0 Å². The zero-order valence-corrected chi connectivity index (χ0v) is 10.6. The van der Waals surface area contributed by atoms with Gasteiger partial charge in [-0.15, -0.1) is 0 Å². The molecule has 17 heavy (non-hydrogen) atoms. The lowest BCUT2D eigenvalue weighted by Gasteiger charge is -2.13. The molecule has 2 aromatic rings. The minimum atomic E-state index is 0.410. The Morgan fingerprint density at radius 1 is 1.29 bits per heavy atom. The van der Waals surface area contributed by atoms with E-state index in [-0.39, 0.29) is 0 Å². The highest BCUT2D eigenvalue weighted by atomic mass is 16.5. The first-order valence-electron chi connectivity index (χ1n) is 5.88. The molecule has 0 aliphatic carbocycles. The summed E-state index contributed by atoms with van der Waals surface area (Å²) in [4.78, 5) is 4.32. The van der Waals surface area contributed by atoms with Crippen LogP contribution in [0.3, 0.4) is 0 Å². The summed E-state index contributed by atoms with van der Waals surface area (Å²) >= 11 is 0. The van der Waals surface area contributed by atoms with Gasteiger partial charge in [0.2, 0.25) is 0 Å². The van der Waals surface area contributed by atoms with Crippen LogP contribution >= 0.6 is 0 Å². The fourth-order valence-electron chi connectivity index (χ4n) is 1.79. The molecule has 0 radical (unpaired) electrons. The van der Waals surface area contributed by atoms with Crippen molar-refractivity contribution in [2.75, 3.05) is 0 Å². The second-order valence-electron chi connectivity index (χ2n) is 4.40. The first kappa shape index (κ1) is 11.7. The Hall–Kier alpha value is -1.77. The molecule has 3 heteroatoms. The van der Waals surface area contributed by atoms with Crippen LogP contribution in [0.2, 0.25) is 0 Å². The lowest BCUT2D eigenvalue weighted by molar-refractivity contribution is 0.284. The summed E-state index contributed by atoms with van der Waals surface area (Å²) in [6.07, 6.45) is 3.80. The highest BCUT2D eigenvalue weighted by molar-refractivity contribution is 5.31. The van der Waals surface area contributed by atoms with Gasteiger partial charge in [-0.2, -0.15) is 0 Å². The molecule has 0 saturated carbocycles. The number of hydrogen-bond donors (Lipinski definition) is 0. The van der Waals surface area contributed by atoms with E-state index in [0.29, 0.717) is 12.6 Å². The molecule has 0 spiro atoms. The van der Waals surface area contributed by atoms with Crippen LogP contribution in [0.1, 0.15) is 31.3 Å². The molecule has 1 heterocycles. The van der Waals surface area contributed by atoms with Crippen molar-refractivity contribution in [1.29, 1.82) is 0 Å². The average Bonchev–Trinajstić information content (AvgIpc) is 2.76. The SMILES string of the molecule is Cc1ccccc1OCc1nccn1C(C)C. The van der Waals surface area contributed by atoms with Crippen molar-refractivity contribution in [2.24, 2.45) is 0 Å². The maximum Gasteiger partial charge on any atom is 0.146 e. The van der Waals surface area contributed by atoms with E-state index in [0.717, 1.165) is 17.1 Å². The molecule has 1 aromatic carbocycles. The topological polar surface area (TPSA) is 27.1 Å². The number of rotatable bonds is 4. The molecule has 0 amide bonds. The van der Waals surface area contributed by atoms with Gasteiger partial charge in [0.25, 0.3) is 0 Å². The predicted octanol–water partition coefficient (Wildman–Crippen LogP) is 3.35. The highest BCUT2D eigenvalue weighted by Gasteiger charge is 2.07. The zero-order valence-electron chi connectivity index (χ0n) is 10.6. The van der Waals surface area contributed by atoms with Gasteiger partial charge in [-0.3, -0.25) is 0 Å². The normalized spacial score (nSPS) is 10.8. The predicted molar refractivity (Wildman–Crippen MR) is 68.1 cm³/mol. The number of ether oxygens (including phenoxy) is 1. The van der Waals surface area contributed by atoms with Crippen LogP contribution in [-0.4, -0.2) is 9.55 Å². The lowest BCUT2D eigenvalue weighted by Crippen LogP contribution is -2.08. The van der Waals surface area contributed by atoms with Crippen LogP contribution in [-0.2, 0) is 6.61 Å². The summed E-state index contributed by atoms with van der Waals surface area (Å²) in [5, 5.41) is 0. The van der Waals surface area contributed by atoms with Gasteiger partial charge in [-0.05, 0) is 32.4 Å². The minimum Gasteiger partial charge on any atom is -0.485 e. The quantitative estimate of drug-likeness (QED) is 0.805. The molecule has 0 fully saturated rings. The largest absolute Gasteiger partial charge is 0.485 e. The van der Waals surface area contributed by atoms with Gasteiger partial charge in [0.05, 0.1) is 0 Å².